The number of aliphatic carboxylic acids is 1. The van der Waals surface area contributed by atoms with Crippen LogP contribution in [0.25, 0.3) is 0 Å². The van der Waals surface area contributed by atoms with Gasteiger partial charge in [0.15, 0.2) is 0 Å². The van der Waals surface area contributed by atoms with Crippen LogP contribution in [-0.2, 0) is 9.53 Å². The van der Waals surface area contributed by atoms with Crippen LogP contribution >= 0.6 is 11.6 Å². The van der Waals surface area contributed by atoms with E-state index in [1.54, 1.807) is 0 Å². The highest BCUT2D eigenvalue weighted by Gasteiger charge is 2.26. The van der Waals surface area contributed by atoms with E-state index in [2.05, 4.69) is 15.5 Å². The van der Waals surface area contributed by atoms with Crippen LogP contribution in [0.1, 0.15) is 44.6 Å². The second kappa shape index (κ2) is 11.3. The fourth-order valence-electron chi connectivity index (χ4n) is 4.13. The van der Waals surface area contributed by atoms with E-state index in [0.29, 0.717) is 31.9 Å². The zero-order valence-corrected chi connectivity index (χ0v) is 19.5. The Morgan fingerprint density at radius 2 is 1.97 bits per heavy atom. The Bertz CT molecular complexity index is 998. The van der Waals surface area contributed by atoms with Crippen LogP contribution in [-0.4, -0.2) is 42.9 Å². The van der Waals surface area contributed by atoms with Crippen molar-refractivity contribution in [3.8, 4) is 0 Å². The van der Waals surface area contributed by atoms with Crippen molar-refractivity contribution in [1.82, 2.24) is 0 Å². The highest BCUT2D eigenvalue weighted by Crippen LogP contribution is 2.35. The van der Waals surface area contributed by atoms with E-state index < -0.39 is 17.8 Å². The quantitative estimate of drug-likeness (QED) is 0.430. The zero-order chi connectivity index (χ0) is 24.0. The van der Waals surface area contributed by atoms with Crippen LogP contribution in [0.4, 0.5) is 26.2 Å². The van der Waals surface area contributed by atoms with E-state index in [4.69, 9.17) is 16.3 Å². The molecule has 1 heterocycles. The van der Waals surface area contributed by atoms with Crippen molar-refractivity contribution in [3.05, 3.63) is 52.8 Å². The largest absolute Gasteiger partial charge is 0.481 e. The zero-order valence-electron chi connectivity index (χ0n) is 18.7. The molecule has 0 aromatic heterocycles. The Kier molecular flexibility index (Phi) is 8.52. The van der Waals surface area contributed by atoms with Crippen molar-refractivity contribution >= 4 is 40.7 Å². The van der Waals surface area contributed by atoms with Crippen LogP contribution in [0.2, 0.25) is 5.02 Å². The highest BCUT2D eigenvalue weighted by molar-refractivity contribution is 6.30. The maximum atomic E-state index is 14.1. The first-order valence-electron chi connectivity index (χ1n) is 11.1. The second-order valence-electron chi connectivity index (χ2n) is 7.99. The number of benzene rings is 2. The van der Waals surface area contributed by atoms with Gasteiger partial charge in [0.2, 0.25) is 0 Å². The Balaban J connectivity index is 1.92. The minimum atomic E-state index is -0.880. The Labute approximate surface area is 197 Å². The molecule has 0 spiro atoms. The first-order valence-corrected chi connectivity index (χ1v) is 11.4. The number of carbonyl (C=O) groups is 2. The van der Waals surface area contributed by atoms with Gasteiger partial charge in [0.1, 0.15) is 5.82 Å². The maximum absolute atomic E-state index is 14.1. The molecule has 3 rings (SSSR count). The predicted octanol–water partition coefficient (Wildman–Crippen LogP) is 5.71. The molecule has 3 N–H and O–H groups in total. The number of likely N-dealkylation sites (N-methyl/N-ethyl adjacent to an activating group) is 1. The van der Waals surface area contributed by atoms with Gasteiger partial charge in [-0.2, -0.15) is 0 Å². The minimum absolute atomic E-state index is 0.00320. The predicted molar refractivity (Wildman–Crippen MR) is 128 cm³/mol. The lowest BCUT2D eigenvalue weighted by molar-refractivity contribution is -0.137. The summed E-state index contributed by atoms with van der Waals surface area (Å²) in [4.78, 5) is 26.2. The smallest absolute Gasteiger partial charge is 0.323 e. The lowest BCUT2D eigenvalue weighted by Gasteiger charge is -2.31. The van der Waals surface area contributed by atoms with Gasteiger partial charge in [0, 0.05) is 18.2 Å². The topological polar surface area (TPSA) is 90.9 Å². The summed E-state index contributed by atoms with van der Waals surface area (Å²) in [6.07, 6.45) is 1.50. The third-order valence-electron chi connectivity index (χ3n) is 5.83. The van der Waals surface area contributed by atoms with Crippen LogP contribution in [0.5, 0.6) is 0 Å². The second-order valence-corrected chi connectivity index (χ2v) is 8.42. The molecule has 2 amide bonds. The first-order chi connectivity index (χ1) is 15.8. The van der Waals surface area contributed by atoms with Gasteiger partial charge in [-0.1, -0.05) is 24.6 Å². The van der Waals surface area contributed by atoms with Gasteiger partial charge in [0.25, 0.3) is 0 Å². The summed E-state index contributed by atoms with van der Waals surface area (Å²) in [6, 6.07) is 9.18. The van der Waals surface area contributed by atoms with Crippen LogP contribution in [0.15, 0.2) is 36.4 Å². The summed E-state index contributed by atoms with van der Waals surface area (Å²) in [7, 11) is 0. The average molecular weight is 478 g/mol. The number of nitrogens with one attached hydrogen (secondary N) is 2. The molecule has 178 valence electrons. The number of carbonyl (C=O) groups excluding carboxylic acids is 1. The fourth-order valence-corrected chi connectivity index (χ4v) is 4.29. The number of ether oxygens (including phenoxy) is 1. The summed E-state index contributed by atoms with van der Waals surface area (Å²) >= 11 is 5.79. The SMILES string of the molecule is CCC(CC(=O)O)c1ccc(N(CC)C2CCOC2)c(NC(=O)Nc2ccc(Cl)cc2F)c1. The number of rotatable bonds is 9. The molecular weight excluding hydrogens is 449 g/mol. The fraction of sp³-hybridized carbons (Fsp3) is 0.417. The standard InChI is InChI=1S/C24H29ClFN3O4/c1-3-15(12-23(30)31)16-5-8-22(29(4-2)18-9-10-33-14-18)21(11-16)28-24(32)27-20-7-6-17(25)13-19(20)26/h5-8,11,13,15,18H,3-4,9-10,12,14H2,1-2H3,(H,30,31)(H2,27,28,32). The summed E-state index contributed by atoms with van der Waals surface area (Å²) in [5, 5.41) is 14.9. The van der Waals surface area contributed by atoms with Crippen molar-refractivity contribution in [2.75, 3.05) is 35.3 Å². The number of halogens is 2. The molecule has 0 bridgehead atoms. The third-order valence-corrected chi connectivity index (χ3v) is 6.07. The van der Waals surface area contributed by atoms with E-state index in [0.717, 1.165) is 23.7 Å². The van der Waals surface area contributed by atoms with Gasteiger partial charge in [-0.25, -0.2) is 9.18 Å². The number of carboxylic acid groups (broad SMARTS) is 1. The van der Waals surface area contributed by atoms with E-state index in [1.807, 2.05) is 32.0 Å². The Morgan fingerprint density at radius 3 is 2.58 bits per heavy atom. The summed E-state index contributed by atoms with van der Waals surface area (Å²) in [5.41, 5.74) is 2.14. The molecule has 0 aliphatic carbocycles. The van der Waals surface area contributed by atoms with Crippen LogP contribution < -0.4 is 15.5 Å². The van der Waals surface area contributed by atoms with Gasteiger partial charge in [-0.15, -0.1) is 0 Å². The summed E-state index contributed by atoms with van der Waals surface area (Å²) < 4.78 is 19.7. The normalized spacial score (nSPS) is 16.3. The lowest BCUT2D eigenvalue weighted by atomic mass is 9.92. The summed E-state index contributed by atoms with van der Waals surface area (Å²) in [6.45, 7) is 5.92. The molecule has 2 aromatic rings. The van der Waals surface area contributed by atoms with Gasteiger partial charge < -0.3 is 25.4 Å². The molecule has 1 aliphatic heterocycles. The number of urea groups is 1. The van der Waals surface area contributed by atoms with Crippen molar-refractivity contribution < 1.29 is 23.8 Å². The highest BCUT2D eigenvalue weighted by atomic mass is 35.5. The number of anilines is 3. The van der Waals surface area contributed by atoms with Crippen LogP contribution in [0.3, 0.4) is 0 Å². The molecule has 33 heavy (non-hydrogen) atoms. The van der Waals surface area contributed by atoms with Crippen molar-refractivity contribution in [1.29, 1.82) is 0 Å². The van der Waals surface area contributed by atoms with Crippen molar-refractivity contribution in [3.63, 3.8) is 0 Å². The van der Waals surface area contributed by atoms with Crippen molar-refractivity contribution in [2.45, 2.75) is 45.1 Å². The molecule has 0 saturated carbocycles. The average Bonchev–Trinajstić information content (AvgIpc) is 3.30. The molecule has 1 aliphatic rings. The number of hydrogen-bond acceptors (Lipinski definition) is 4. The molecule has 7 nitrogen and oxygen atoms in total. The lowest BCUT2D eigenvalue weighted by Crippen LogP contribution is -2.36. The number of carboxylic acids is 1. The number of hydrogen-bond donors (Lipinski definition) is 3. The van der Waals surface area contributed by atoms with E-state index in [9.17, 15) is 19.1 Å². The third kappa shape index (κ3) is 6.36. The maximum Gasteiger partial charge on any atom is 0.323 e. The molecule has 2 unspecified atom stereocenters. The molecule has 0 radical (unpaired) electrons. The monoisotopic (exact) mass is 477 g/mol. The van der Waals surface area contributed by atoms with Gasteiger partial charge >= 0.3 is 12.0 Å². The van der Waals surface area contributed by atoms with Crippen molar-refractivity contribution in [2.24, 2.45) is 0 Å². The molecule has 1 fully saturated rings. The van der Waals surface area contributed by atoms with E-state index >= 15 is 0 Å². The van der Waals surface area contributed by atoms with E-state index in [-0.39, 0.29) is 29.1 Å². The molecular formula is C24H29ClFN3O4. The molecule has 1 saturated heterocycles. The molecule has 2 atom stereocenters. The van der Waals surface area contributed by atoms with E-state index in [1.165, 1.54) is 12.1 Å². The Hall–Kier alpha value is -2.84. The van der Waals surface area contributed by atoms with Gasteiger partial charge in [-0.05, 0) is 61.6 Å². The number of amides is 2. The Morgan fingerprint density at radius 1 is 1.21 bits per heavy atom. The van der Waals surface area contributed by atoms with Gasteiger partial charge in [-0.3, -0.25) is 4.79 Å². The molecule has 9 heteroatoms. The van der Waals surface area contributed by atoms with Gasteiger partial charge in [0.05, 0.1) is 36.1 Å². The number of nitrogens with zero attached hydrogens (tertiary/aromatic N) is 1. The van der Waals surface area contributed by atoms with Crippen LogP contribution in [0, 0.1) is 5.82 Å². The molecule has 2 aromatic carbocycles. The summed E-state index contributed by atoms with van der Waals surface area (Å²) in [5.74, 6) is -1.72. The minimum Gasteiger partial charge on any atom is -0.481 e. The first kappa shape index (κ1) is 24.8.